The number of hydrogen-bond donors (Lipinski definition) is 2. The first-order chi connectivity index (χ1) is 11.4. The van der Waals surface area contributed by atoms with E-state index in [9.17, 15) is 14.7 Å². The maximum atomic E-state index is 12.9. The average Bonchev–Trinajstić information content (AvgIpc) is 2.88. The van der Waals surface area contributed by atoms with Crippen molar-refractivity contribution in [2.24, 2.45) is 17.3 Å². The minimum atomic E-state index is -0.767. The molecule has 142 valence electrons. The summed E-state index contributed by atoms with van der Waals surface area (Å²) in [5.74, 6) is -0.208. The van der Waals surface area contributed by atoms with Crippen LogP contribution in [0.15, 0.2) is 0 Å². The second-order valence-corrected chi connectivity index (χ2v) is 10.0. The van der Waals surface area contributed by atoms with Crippen molar-refractivity contribution in [2.75, 3.05) is 33.2 Å². The van der Waals surface area contributed by atoms with Crippen molar-refractivity contribution in [1.82, 2.24) is 15.1 Å². The van der Waals surface area contributed by atoms with Crippen LogP contribution >= 0.6 is 0 Å². The summed E-state index contributed by atoms with van der Waals surface area (Å²) in [6.07, 6.45) is 2.49. The highest BCUT2D eigenvalue weighted by molar-refractivity contribution is 5.82. The fourth-order valence-electron chi connectivity index (χ4n) is 5.86. The summed E-state index contributed by atoms with van der Waals surface area (Å²) in [5.41, 5.74) is -0.713. The minimum Gasteiger partial charge on any atom is -0.481 e. The highest BCUT2D eigenvalue weighted by atomic mass is 16.4. The van der Waals surface area contributed by atoms with Gasteiger partial charge in [-0.2, -0.15) is 0 Å². The summed E-state index contributed by atoms with van der Waals surface area (Å²) in [5, 5.41) is 13.4. The molecule has 3 aliphatic heterocycles. The lowest BCUT2D eigenvalue weighted by Crippen LogP contribution is -2.58. The molecule has 3 aliphatic rings. The minimum absolute atomic E-state index is 0.0270. The number of likely N-dealkylation sites (tertiary alicyclic amines) is 2. The lowest BCUT2D eigenvalue weighted by molar-refractivity contribution is -0.149. The molecule has 0 aromatic carbocycles. The summed E-state index contributed by atoms with van der Waals surface area (Å²) in [6, 6.07) is 0. The number of carbonyl (C=O) groups is 2. The Morgan fingerprint density at radius 2 is 1.68 bits per heavy atom. The van der Waals surface area contributed by atoms with E-state index in [1.807, 2.05) is 11.9 Å². The first-order valence-electron chi connectivity index (χ1n) is 9.42. The van der Waals surface area contributed by atoms with E-state index < -0.39 is 11.4 Å². The Labute approximate surface area is 150 Å². The number of carbonyl (C=O) groups excluding carboxylic acids is 1. The predicted molar refractivity (Wildman–Crippen MR) is 96.3 cm³/mol. The van der Waals surface area contributed by atoms with Gasteiger partial charge in [0, 0.05) is 49.6 Å². The molecule has 0 spiro atoms. The van der Waals surface area contributed by atoms with Crippen molar-refractivity contribution in [3.05, 3.63) is 0 Å². The molecule has 3 rings (SSSR count). The zero-order valence-corrected chi connectivity index (χ0v) is 16.3. The van der Waals surface area contributed by atoms with E-state index in [2.05, 4.69) is 37.9 Å². The normalized spacial score (nSPS) is 34.9. The highest BCUT2D eigenvalue weighted by Crippen LogP contribution is 2.43. The van der Waals surface area contributed by atoms with E-state index in [0.717, 1.165) is 19.4 Å². The monoisotopic (exact) mass is 351 g/mol. The van der Waals surface area contributed by atoms with Crippen molar-refractivity contribution >= 4 is 11.9 Å². The lowest BCUT2D eigenvalue weighted by atomic mass is 9.74. The molecule has 3 heterocycles. The fraction of sp³-hybridized carbons (Fsp3) is 0.895. The maximum Gasteiger partial charge on any atom is 0.313 e. The summed E-state index contributed by atoms with van der Waals surface area (Å²) in [7, 11) is 1.97. The summed E-state index contributed by atoms with van der Waals surface area (Å²) >= 11 is 0. The third-order valence-corrected chi connectivity index (χ3v) is 6.30. The second-order valence-electron chi connectivity index (χ2n) is 10.0. The highest BCUT2D eigenvalue weighted by Gasteiger charge is 2.57. The Balaban J connectivity index is 1.66. The number of piperidine rings is 1. The van der Waals surface area contributed by atoms with Crippen LogP contribution in [0.4, 0.5) is 0 Å². The standard InChI is InChI=1S/C19H33N3O3/c1-17(2)7-13(8-18(3,4)20-17)6-15(23)22-10-14-9-21(5)11-19(14,12-22)16(24)25/h13-14,20H,6-12H2,1-5H3,(H,24,25)/t14-,19-/m1/s1. The molecule has 3 fully saturated rings. The zero-order valence-electron chi connectivity index (χ0n) is 16.3. The lowest BCUT2D eigenvalue weighted by Gasteiger charge is -2.46. The van der Waals surface area contributed by atoms with Gasteiger partial charge in [0.2, 0.25) is 5.91 Å². The topological polar surface area (TPSA) is 72.9 Å². The van der Waals surface area contributed by atoms with E-state index in [4.69, 9.17) is 0 Å². The van der Waals surface area contributed by atoms with Crippen LogP contribution in [0.2, 0.25) is 0 Å². The third-order valence-electron chi connectivity index (χ3n) is 6.30. The van der Waals surface area contributed by atoms with Gasteiger partial charge in [0.25, 0.3) is 0 Å². The first kappa shape index (κ1) is 18.6. The van der Waals surface area contributed by atoms with Gasteiger partial charge >= 0.3 is 5.97 Å². The van der Waals surface area contributed by atoms with E-state index in [0.29, 0.717) is 32.0 Å². The van der Waals surface area contributed by atoms with Crippen molar-refractivity contribution in [2.45, 2.75) is 58.0 Å². The smallest absolute Gasteiger partial charge is 0.313 e. The first-order valence-corrected chi connectivity index (χ1v) is 9.42. The number of rotatable bonds is 3. The van der Waals surface area contributed by atoms with Gasteiger partial charge in [0.1, 0.15) is 5.41 Å². The van der Waals surface area contributed by atoms with Gasteiger partial charge in [-0.05, 0) is 53.5 Å². The Kier molecular flexibility index (Phi) is 4.44. The fourth-order valence-corrected chi connectivity index (χ4v) is 5.86. The van der Waals surface area contributed by atoms with Crippen LogP contribution in [-0.4, -0.2) is 71.1 Å². The van der Waals surface area contributed by atoms with Gasteiger partial charge in [-0.3, -0.25) is 9.59 Å². The van der Waals surface area contributed by atoms with Gasteiger partial charge in [-0.25, -0.2) is 0 Å². The largest absolute Gasteiger partial charge is 0.481 e. The molecule has 3 saturated heterocycles. The molecule has 0 aliphatic carbocycles. The molecular weight excluding hydrogens is 318 g/mol. The number of aliphatic carboxylic acids is 1. The van der Waals surface area contributed by atoms with E-state index >= 15 is 0 Å². The molecule has 2 N–H and O–H groups in total. The van der Waals surface area contributed by atoms with Gasteiger partial charge < -0.3 is 20.2 Å². The summed E-state index contributed by atoms with van der Waals surface area (Å²) in [4.78, 5) is 28.7. The number of carboxylic acid groups (broad SMARTS) is 1. The number of amides is 1. The van der Waals surface area contributed by atoms with Crippen LogP contribution in [0.3, 0.4) is 0 Å². The number of carboxylic acids is 1. The molecule has 0 bridgehead atoms. The number of fused-ring (bicyclic) bond motifs is 1. The molecule has 0 saturated carbocycles. The quantitative estimate of drug-likeness (QED) is 0.804. The molecule has 6 nitrogen and oxygen atoms in total. The van der Waals surface area contributed by atoms with E-state index in [-0.39, 0.29) is 22.9 Å². The molecule has 1 amide bonds. The predicted octanol–water partition coefficient (Wildman–Crippen LogP) is 1.41. The number of hydrogen-bond acceptors (Lipinski definition) is 4. The average molecular weight is 351 g/mol. The summed E-state index contributed by atoms with van der Waals surface area (Å²) < 4.78 is 0. The molecule has 2 atom stereocenters. The molecule has 25 heavy (non-hydrogen) atoms. The van der Waals surface area contributed by atoms with Crippen molar-refractivity contribution < 1.29 is 14.7 Å². The molecule has 0 aromatic heterocycles. The molecule has 0 radical (unpaired) electrons. The molecular formula is C19H33N3O3. The van der Waals surface area contributed by atoms with E-state index in [1.165, 1.54) is 0 Å². The molecule has 0 aromatic rings. The second kappa shape index (κ2) is 5.95. The number of nitrogens with one attached hydrogen (secondary N) is 1. The van der Waals surface area contributed by atoms with Crippen LogP contribution in [0.1, 0.15) is 47.0 Å². The van der Waals surface area contributed by atoms with Gasteiger partial charge in [0.05, 0.1) is 0 Å². The SMILES string of the molecule is CN1C[C@@H]2CN(C(=O)CC3CC(C)(C)NC(C)(C)C3)C[C@]2(C(=O)O)C1. The zero-order chi connectivity index (χ0) is 18.6. The van der Waals surface area contributed by atoms with Crippen molar-refractivity contribution in [1.29, 1.82) is 0 Å². The van der Waals surface area contributed by atoms with Gasteiger partial charge in [-0.15, -0.1) is 0 Å². The van der Waals surface area contributed by atoms with Crippen LogP contribution in [0.5, 0.6) is 0 Å². The Morgan fingerprint density at radius 3 is 2.20 bits per heavy atom. The molecule has 6 heteroatoms. The van der Waals surface area contributed by atoms with Crippen LogP contribution in [-0.2, 0) is 9.59 Å². The molecule has 0 unspecified atom stereocenters. The Bertz CT molecular complexity index is 558. The van der Waals surface area contributed by atoms with Gasteiger partial charge in [0.15, 0.2) is 0 Å². The summed E-state index contributed by atoms with van der Waals surface area (Å²) in [6.45, 7) is 11.1. The Morgan fingerprint density at radius 1 is 1.08 bits per heavy atom. The van der Waals surface area contributed by atoms with Crippen molar-refractivity contribution in [3.8, 4) is 0 Å². The van der Waals surface area contributed by atoms with Crippen LogP contribution in [0.25, 0.3) is 0 Å². The van der Waals surface area contributed by atoms with Crippen molar-refractivity contribution in [3.63, 3.8) is 0 Å². The third kappa shape index (κ3) is 3.56. The Hall–Kier alpha value is -1.14. The number of nitrogens with zero attached hydrogens (tertiary/aromatic N) is 2. The van der Waals surface area contributed by atoms with Crippen LogP contribution in [0, 0.1) is 17.3 Å². The van der Waals surface area contributed by atoms with Crippen LogP contribution < -0.4 is 5.32 Å². The van der Waals surface area contributed by atoms with Gasteiger partial charge in [-0.1, -0.05) is 0 Å². The maximum absolute atomic E-state index is 12.9. The van der Waals surface area contributed by atoms with E-state index in [1.54, 1.807) is 0 Å².